The zero-order valence-corrected chi connectivity index (χ0v) is 16.2. The van der Waals surface area contributed by atoms with E-state index in [2.05, 4.69) is 22.8 Å². The van der Waals surface area contributed by atoms with Gasteiger partial charge >= 0.3 is 6.18 Å². The Bertz CT molecular complexity index is 764. The van der Waals surface area contributed by atoms with Crippen LogP contribution in [-0.2, 0) is 6.54 Å². The van der Waals surface area contributed by atoms with Gasteiger partial charge in [0, 0.05) is 24.2 Å². The standard InChI is InChI=1S/C22H27F3N2O/c1-15(22(23,24)25)17-10-11-20(28-2)18(13-17)14-27-19-9-6-12-26-21(19)16-7-4-3-5-8-16/h3-5,7-8,10-11,13,15,19,21,26-27H,6,9,12,14H2,1-2H3/t15?,19-,21?/m0/s1. The molecule has 1 saturated heterocycles. The third-order valence-electron chi connectivity index (χ3n) is 5.47. The van der Waals surface area contributed by atoms with Crippen LogP contribution < -0.4 is 15.4 Å². The van der Waals surface area contributed by atoms with Crippen LogP contribution >= 0.6 is 0 Å². The summed E-state index contributed by atoms with van der Waals surface area (Å²) in [7, 11) is 1.54. The fourth-order valence-corrected chi connectivity index (χ4v) is 3.75. The highest BCUT2D eigenvalue weighted by Gasteiger charge is 2.37. The van der Waals surface area contributed by atoms with E-state index in [-0.39, 0.29) is 17.6 Å². The topological polar surface area (TPSA) is 33.3 Å². The molecule has 3 rings (SSSR count). The van der Waals surface area contributed by atoms with Crippen LogP contribution in [0.15, 0.2) is 48.5 Å². The molecule has 3 atom stereocenters. The van der Waals surface area contributed by atoms with Gasteiger partial charge in [0.25, 0.3) is 0 Å². The Morgan fingerprint density at radius 2 is 1.93 bits per heavy atom. The Kier molecular flexibility index (Phi) is 6.62. The molecule has 152 valence electrons. The predicted octanol–water partition coefficient (Wildman–Crippen LogP) is 4.94. The fourth-order valence-electron chi connectivity index (χ4n) is 3.75. The van der Waals surface area contributed by atoms with Crippen molar-refractivity contribution in [3.8, 4) is 5.75 Å². The van der Waals surface area contributed by atoms with Crippen molar-refractivity contribution in [1.29, 1.82) is 0 Å². The summed E-state index contributed by atoms with van der Waals surface area (Å²) in [5, 5.41) is 7.10. The van der Waals surface area contributed by atoms with Crippen molar-refractivity contribution >= 4 is 0 Å². The summed E-state index contributed by atoms with van der Waals surface area (Å²) in [5.74, 6) is -0.906. The summed E-state index contributed by atoms with van der Waals surface area (Å²) in [5.41, 5.74) is 2.21. The van der Waals surface area contributed by atoms with Gasteiger partial charge in [-0.25, -0.2) is 0 Å². The largest absolute Gasteiger partial charge is 0.496 e. The Morgan fingerprint density at radius 1 is 1.18 bits per heavy atom. The number of alkyl halides is 3. The minimum atomic E-state index is -4.26. The summed E-state index contributed by atoms with van der Waals surface area (Å²) in [6, 6.07) is 15.3. The van der Waals surface area contributed by atoms with Gasteiger partial charge in [-0.15, -0.1) is 0 Å². The van der Waals surface area contributed by atoms with Crippen molar-refractivity contribution in [1.82, 2.24) is 10.6 Å². The Labute approximate surface area is 164 Å². The van der Waals surface area contributed by atoms with E-state index in [1.807, 2.05) is 18.2 Å². The second kappa shape index (κ2) is 8.97. The minimum Gasteiger partial charge on any atom is -0.496 e. The molecule has 2 unspecified atom stereocenters. The van der Waals surface area contributed by atoms with Crippen LogP contribution in [0.2, 0.25) is 0 Å². The molecular weight excluding hydrogens is 365 g/mol. The molecular formula is C22H27F3N2O. The third kappa shape index (κ3) is 4.86. The number of rotatable bonds is 6. The molecule has 2 aromatic rings. The van der Waals surface area contributed by atoms with Crippen molar-refractivity contribution < 1.29 is 17.9 Å². The zero-order chi connectivity index (χ0) is 20.1. The molecule has 6 heteroatoms. The second-order valence-electron chi connectivity index (χ2n) is 7.31. The number of nitrogens with one attached hydrogen (secondary N) is 2. The molecule has 2 N–H and O–H groups in total. The van der Waals surface area contributed by atoms with E-state index >= 15 is 0 Å². The summed E-state index contributed by atoms with van der Waals surface area (Å²) in [6.45, 7) is 2.60. The summed E-state index contributed by atoms with van der Waals surface area (Å²) < 4.78 is 44.7. The molecule has 28 heavy (non-hydrogen) atoms. The van der Waals surface area contributed by atoms with Gasteiger partial charge in [0.2, 0.25) is 0 Å². The highest BCUT2D eigenvalue weighted by atomic mass is 19.4. The number of hydrogen-bond donors (Lipinski definition) is 2. The SMILES string of the molecule is COc1ccc(C(C)C(F)(F)F)cc1CN[C@H]1CCCNC1c1ccccc1. The number of halogens is 3. The Hall–Kier alpha value is -2.05. The first-order valence-corrected chi connectivity index (χ1v) is 9.65. The Balaban J connectivity index is 1.76. The molecule has 1 fully saturated rings. The smallest absolute Gasteiger partial charge is 0.395 e. The van der Waals surface area contributed by atoms with Gasteiger partial charge < -0.3 is 15.4 Å². The lowest BCUT2D eigenvalue weighted by molar-refractivity contribution is -0.146. The molecule has 0 radical (unpaired) electrons. The number of ether oxygens (including phenoxy) is 1. The predicted molar refractivity (Wildman–Crippen MR) is 105 cm³/mol. The average molecular weight is 392 g/mol. The van der Waals surface area contributed by atoms with Crippen LogP contribution in [-0.4, -0.2) is 25.9 Å². The molecule has 0 spiro atoms. The number of methoxy groups -OCH3 is 1. The van der Waals surface area contributed by atoms with E-state index in [1.54, 1.807) is 19.2 Å². The van der Waals surface area contributed by atoms with E-state index in [0.717, 1.165) is 24.9 Å². The van der Waals surface area contributed by atoms with Crippen LogP contribution in [0, 0.1) is 0 Å². The quantitative estimate of drug-likeness (QED) is 0.730. The Morgan fingerprint density at radius 3 is 2.61 bits per heavy atom. The van der Waals surface area contributed by atoms with Crippen LogP contribution in [0.4, 0.5) is 13.2 Å². The molecule has 1 aliphatic rings. The van der Waals surface area contributed by atoms with Gasteiger partial charge in [-0.1, -0.05) is 42.5 Å². The highest BCUT2D eigenvalue weighted by Crippen LogP contribution is 2.36. The van der Waals surface area contributed by atoms with Crippen LogP contribution in [0.25, 0.3) is 0 Å². The summed E-state index contributed by atoms with van der Waals surface area (Å²) in [6.07, 6.45) is -2.19. The first-order chi connectivity index (χ1) is 13.4. The van der Waals surface area contributed by atoms with Crippen LogP contribution in [0.5, 0.6) is 5.75 Å². The lowest BCUT2D eigenvalue weighted by Crippen LogP contribution is -2.45. The van der Waals surface area contributed by atoms with Gasteiger partial charge in [0.05, 0.1) is 13.0 Å². The number of piperidine rings is 1. The van der Waals surface area contributed by atoms with E-state index in [4.69, 9.17) is 4.74 Å². The summed E-state index contributed by atoms with van der Waals surface area (Å²) in [4.78, 5) is 0. The van der Waals surface area contributed by atoms with E-state index in [9.17, 15) is 13.2 Å². The molecule has 2 aromatic carbocycles. The van der Waals surface area contributed by atoms with Gasteiger partial charge in [0.1, 0.15) is 5.75 Å². The molecule has 1 aliphatic heterocycles. The lowest BCUT2D eigenvalue weighted by Gasteiger charge is -2.34. The zero-order valence-electron chi connectivity index (χ0n) is 16.2. The first-order valence-electron chi connectivity index (χ1n) is 9.65. The lowest BCUT2D eigenvalue weighted by atomic mass is 9.92. The molecule has 0 aliphatic carbocycles. The average Bonchev–Trinajstić information content (AvgIpc) is 2.71. The second-order valence-corrected chi connectivity index (χ2v) is 7.31. The van der Waals surface area contributed by atoms with Gasteiger partial charge in [-0.05, 0) is 43.5 Å². The van der Waals surface area contributed by atoms with Gasteiger partial charge in [0.15, 0.2) is 0 Å². The van der Waals surface area contributed by atoms with Crippen molar-refractivity contribution in [2.24, 2.45) is 0 Å². The van der Waals surface area contributed by atoms with Gasteiger partial charge in [-0.2, -0.15) is 13.2 Å². The monoisotopic (exact) mass is 392 g/mol. The molecule has 0 bridgehead atoms. The molecule has 0 amide bonds. The first kappa shape index (κ1) is 20.7. The van der Waals surface area contributed by atoms with E-state index in [1.165, 1.54) is 18.6 Å². The maximum atomic E-state index is 13.1. The summed E-state index contributed by atoms with van der Waals surface area (Å²) >= 11 is 0. The van der Waals surface area contributed by atoms with Crippen molar-refractivity contribution in [3.05, 3.63) is 65.2 Å². The normalized spacial score (nSPS) is 21.3. The van der Waals surface area contributed by atoms with Crippen LogP contribution in [0.3, 0.4) is 0 Å². The van der Waals surface area contributed by atoms with Crippen molar-refractivity contribution in [2.45, 2.75) is 50.5 Å². The maximum Gasteiger partial charge on any atom is 0.395 e. The third-order valence-corrected chi connectivity index (χ3v) is 5.47. The number of benzene rings is 2. The fraction of sp³-hybridized carbons (Fsp3) is 0.455. The van der Waals surface area contributed by atoms with Crippen LogP contribution in [0.1, 0.15) is 48.4 Å². The molecule has 1 heterocycles. The van der Waals surface area contributed by atoms with Gasteiger partial charge in [-0.3, -0.25) is 0 Å². The number of hydrogen-bond acceptors (Lipinski definition) is 3. The maximum absolute atomic E-state index is 13.1. The van der Waals surface area contributed by atoms with E-state index in [0.29, 0.717) is 12.3 Å². The molecule has 0 aromatic heterocycles. The van der Waals surface area contributed by atoms with E-state index < -0.39 is 12.1 Å². The molecule has 0 saturated carbocycles. The van der Waals surface area contributed by atoms with Crippen molar-refractivity contribution in [2.75, 3.05) is 13.7 Å². The van der Waals surface area contributed by atoms with Crippen molar-refractivity contribution in [3.63, 3.8) is 0 Å². The minimum absolute atomic E-state index is 0.179. The molecule has 3 nitrogen and oxygen atoms in total. The highest BCUT2D eigenvalue weighted by molar-refractivity contribution is 5.39.